The quantitative estimate of drug-likeness (QED) is 0.780. The van der Waals surface area contributed by atoms with E-state index < -0.39 is 10.1 Å². The summed E-state index contributed by atoms with van der Waals surface area (Å²) < 4.78 is 33.9. The Morgan fingerprint density at radius 2 is 1.59 bits per heavy atom. The zero-order valence-corrected chi connectivity index (χ0v) is 11.8. The molecule has 17 heavy (non-hydrogen) atoms. The molecule has 0 amide bonds. The van der Waals surface area contributed by atoms with Crippen LogP contribution in [0.15, 0.2) is 17.0 Å². The summed E-state index contributed by atoms with van der Waals surface area (Å²) in [6, 6.07) is 3.63. The summed E-state index contributed by atoms with van der Waals surface area (Å²) in [4.78, 5) is -0.0445. The average Bonchev–Trinajstić information content (AvgIpc) is 2.13. The maximum atomic E-state index is 11.3. The maximum absolute atomic E-state index is 11.3. The summed E-state index contributed by atoms with van der Waals surface area (Å²) in [5, 5.41) is 0. The number of benzene rings is 1. The predicted molar refractivity (Wildman–Crippen MR) is 67.3 cm³/mol. The van der Waals surface area contributed by atoms with Crippen molar-refractivity contribution in [1.29, 1.82) is 0 Å². The summed E-state index contributed by atoms with van der Waals surface area (Å²) in [5.41, 5.74) is 2.25. The summed E-state index contributed by atoms with van der Waals surface area (Å²) in [6.07, 6.45) is 0. The van der Waals surface area contributed by atoms with Crippen molar-refractivity contribution in [2.75, 3.05) is 0 Å². The second kappa shape index (κ2) is 4.78. The van der Waals surface area contributed by atoms with Crippen LogP contribution in [0.25, 0.3) is 0 Å². The molecule has 1 aromatic carbocycles. The molecule has 0 aliphatic rings. The zero-order chi connectivity index (χ0) is 13.4. The van der Waals surface area contributed by atoms with Crippen LogP contribution in [0.3, 0.4) is 0 Å². The van der Waals surface area contributed by atoms with Gasteiger partial charge < -0.3 is 4.55 Å². The van der Waals surface area contributed by atoms with E-state index in [1.54, 1.807) is 13.0 Å². The molecule has 0 heterocycles. The van der Waals surface area contributed by atoms with Crippen LogP contribution in [0.4, 0.5) is 0 Å². The fourth-order valence-electron chi connectivity index (χ4n) is 1.93. The Hall–Kier alpha value is -0.870. The van der Waals surface area contributed by atoms with Crippen LogP contribution in [-0.4, -0.2) is 13.0 Å². The summed E-state index contributed by atoms with van der Waals surface area (Å²) >= 11 is 0. The Kier molecular flexibility index (Phi) is 3.99. The first-order chi connectivity index (χ1) is 7.64. The van der Waals surface area contributed by atoms with E-state index >= 15 is 0 Å². The molecule has 0 spiro atoms. The van der Waals surface area contributed by atoms with E-state index in [0.717, 1.165) is 5.56 Å². The maximum Gasteiger partial charge on any atom is 0.124 e. The number of aryl methyl sites for hydroxylation is 1. The lowest BCUT2D eigenvalue weighted by atomic mass is 9.93. The van der Waals surface area contributed by atoms with Crippen LogP contribution in [0.2, 0.25) is 0 Å². The fourth-order valence-corrected chi connectivity index (χ4v) is 2.97. The molecule has 0 saturated heterocycles. The number of hydrogen-bond acceptors (Lipinski definition) is 3. The highest BCUT2D eigenvalue weighted by atomic mass is 32.2. The number of rotatable bonds is 3. The van der Waals surface area contributed by atoms with Crippen LogP contribution < -0.4 is 0 Å². The van der Waals surface area contributed by atoms with Crippen molar-refractivity contribution in [3.8, 4) is 0 Å². The lowest BCUT2D eigenvalue weighted by Crippen LogP contribution is -2.09. The molecule has 0 aromatic heterocycles. The molecular formula is C13H19O3S-. The summed E-state index contributed by atoms with van der Waals surface area (Å²) in [6.45, 7) is 9.57. The molecule has 0 N–H and O–H groups in total. The Morgan fingerprint density at radius 3 is 1.94 bits per heavy atom. The third-order valence-corrected chi connectivity index (χ3v) is 3.92. The predicted octanol–water partition coefficient (Wildman–Crippen LogP) is 3.15. The minimum atomic E-state index is -4.40. The molecular weight excluding hydrogens is 236 g/mol. The smallest absolute Gasteiger partial charge is 0.124 e. The van der Waals surface area contributed by atoms with E-state index in [9.17, 15) is 13.0 Å². The SMILES string of the molecule is Cc1cc(C(C)C)cc(C(C)C)c1S(=O)(=O)[O-]. The Morgan fingerprint density at radius 1 is 1.06 bits per heavy atom. The second-order valence-corrected chi connectivity index (χ2v) is 6.34. The first kappa shape index (κ1) is 14.2. The highest BCUT2D eigenvalue weighted by Crippen LogP contribution is 2.30. The fraction of sp³-hybridized carbons (Fsp3) is 0.538. The van der Waals surface area contributed by atoms with Gasteiger partial charge in [-0.05, 0) is 35.4 Å². The van der Waals surface area contributed by atoms with Crippen molar-refractivity contribution in [3.05, 3.63) is 28.8 Å². The van der Waals surface area contributed by atoms with Gasteiger partial charge in [0.15, 0.2) is 0 Å². The lowest BCUT2D eigenvalue weighted by molar-refractivity contribution is 0.460. The van der Waals surface area contributed by atoms with E-state index in [-0.39, 0.29) is 10.8 Å². The van der Waals surface area contributed by atoms with Crippen molar-refractivity contribution < 1.29 is 13.0 Å². The van der Waals surface area contributed by atoms with Gasteiger partial charge in [-0.25, -0.2) is 8.42 Å². The van der Waals surface area contributed by atoms with E-state index in [1.807, 2.05) is 33.8 Å². The lowest BCUT2D eigenvalue weighted by Gasteiger charge is -2.21. The molecule has 0 atom stereocenters. The number of hydrogen-bond donors (Lipinski definition) is 0. The van der Waals surface area contributed by atoms with Gasteiger partial charge in [0.25, 0.3) is 0 Å². The molecule has 0 aliphatic carbocycles. The standard InChI is InChI=1S/C13H20O3S/c1-8(2)11-6-10(5)13(17(14,15)16)12(7-11)9(3)4/h6-9H,1-5H3,(H,14,15,16)/p-1. The van der Waals surface area contributed by atoms with Gasteiger partial charge in [-0.3, -0.25) is 0 Å². The van der Waals surface area contributed by atoms with Crippen molar-refractivity contribution >= 4 is 10.1 Å². The Labute approximate surface area is 104 Å². The van der Waals surface area contributed by atoms with Gasteiger partial charge in [-0.2, -0.15) is 0 Å². The third kappa shape index (κ3) is 3.07. The molecule has 1 rings (SSSR count). The van der Waals surface area contributed by atoms with Crippen LogP contribution in [0.1, 0.15) is 56.2 Å². The monoisotopic (exact) mass is 255 g/mol. The van der Waals surface area contributed by atoms with Gasteiger partial charge in [0, 0.05) is 0 Å². The van der Waals surface area contributed by atoms with Gasteiger partial charge in [0.1, 0.15) is 10.1 Å². The van der Waals surface area contributed by atoms with Crippen molar-refractivity contribution in [1.82, 2.24) is 0 Å². The second-order valence-electron chi connectivity index (χ2n) is 5.02. The highest BCUT2D eigenvalue weighted by molar-refractivity contribution is 7.85. The molecule has 0 aliphatic heterocycles. The first-order valence-corrected chi connectivity index (χ1v) is 7.15. The van der Waals surface area contributed by atoms with Crippen LogP contribution in [0.5, 0.6) is 0 Å². The normalized spacial score (nSPS) is 12.5. The Bertz CT molecular complexity index is 514. The van der Waals surface area contributed by atoms with Crippen LogP contribution in [-0.2, 0) is 10.1 Å². The first-order valence-electron chi connectivity index (χ1n) is 5.75. The van der Waals surface area contributed by atoms with E-state index in [1.165, 1.54) is 0 Å². The van der Waals surface area contributed by atoms with Crippen LogP contribution >= 0.6 is 0 Å². The molecule has 4 heteroatoms. The van der Waals surface area contributed by atoms with E-state index in [0.29, 0.717) is 17.0 Å². The molecule has 1 aromatic rings. The third-order valence-electron chi connectivity index (χ3n) is 2.86. The van der Waals surface area contributed by atoms with Crippen molar-refractivity contribution in [2.45, 2.75) is 51.3 Å². The molecule has 3 nitrogen and oxygen atoms in total. The topological polar surface area (TPSA) is 57.2 Å². The van der Waals surface area contributed by atoms with E-state index in [4.69, 9.17) is 0 Å². The van der Waals surface area contributed by atoms with Crippen LogP contribution in [0, 0.1) is 6.92 Å². The molecule has 0 radical (unpaired) electrons. The molecule has 96 valence electrons. The summed E-state index contributed by atoms with van der Waals surface area (Å²) in [5.74, 6) is 0.334. The van der Waals surface area contributed by atoms with Gasteiger partial charge in [0.2, 0.25) is 0 Å². The largest absolute Gasteiger partial charge is 0.744 e. The minimum absolute atomic E-state index is 0.0196. The molecule has 0 unspecified atom stereocenters. The van der Waals surface area contributed by atoms with Gasteiger partial charge in [-0.15, -0.1) is 0 Å². The summed E-state index contributed by atoms with van der Waals surface area (Å²) in [7, 11) is -4.40. The minimum Gasteiger partial charge on any atom is -0.744 e. The molecule has 0 bridgehead atoms. The zero-order valence-electron chi connectivity index (χ0n) is 10.9. The Balaban J connectivity index is 3.62. The van der Waals surface area contributed by atoms with Gasteiger partial charge in [-0.1, -0.05) is 39.8 Å². The van der Waals surface area contributed by atoms with Crippen molar-refractivity contribution in [2.24, 2.45) is 0 Å². The molecule has 0 saturated carbocycles. The van der Waals surface area contributed by atoms with Crippen molar-refractivity contribution in [3.63, 3.8) is 0 Å². The molecule has 0 fully saturated rings. The van der Waals surface area contributed by atoms with Gasteiger partial charge >= 0.3 is 0 Å². The average molecular weight is 255 g/mol. The van der Waals surface area contributed by atoms with Gasteiger partial charge in [0.05, 0.1) is 4.90 Å². The van der Waals surface area contributed by atoms with E-state index in [2.05, 4.69) is 0 Å². The highest BCUT2D eigenvalue weighted by Gasteiger charge is 2.17.